The van der Waals surface area contributed by atoms with Gasteiger partial charge in [0, 0.05) is 17.1 Å². The van der Waals surface area contributed by atoms with Crippen molar-refractivity contribution in [3.8, 4) is 0 Å². The molecule has 1 saturated carbocycles. The SMILES string of the molecule is NC[C@@H]1CCC[C@H]1NS(=O)(=O)c1cc(Cl)ccc1[N+](=O)[O-]. The summed E-state index contributed by atoms with van der Waals surface area (Å²) in [6.45, 7) is 0.380. The average Bonchev–Trinajstić information content (AvgIpc) is 2.84. The highest BCUT2D eigenvalue weighted by Gasteiger charge is 2.33. The number of nitro benzene ring substituents is 1. The van der Waals surface area contributed by atoms with Gasteiger partial charge in [0.25, 0.3) is 5.69 Å². The van der Waals surface area contributed by atoms with Gasteiger partial charge in [0.05, 0.1) is 4.92 Å². The van der Waals surface area contributed by atoms with Gasteiger partial charge in [-0.05, 0) is 37.4 Å². The van der Waals surface area contributed by atoms with E-state index in [2.05, 4.69) is 4.72 Å². The number of nitrogens with two attached hydrogens (primary N) is 1. The highest BCUT2D eigenvalue weighted by atomic mass is 35.5. The zero-order chi connectivity index (χ0) is 15.6. The zero-order valence-corrected chi connectivity index (χ0v) is 12.7. The van der Waals surface area contributed by atoms with E-state index in [1.807, 2.05) is 0 Å². The third-order valence-corrected chi connectivity index (χ3v) is 5.43. The molecule has 0 spiro atoms. The molecule has 7 nitrogen and oxygen atoms in total. The predicted octanol–water partition coefficient (Wildman–Crippen LogP) is 1.65. The zero-order valence-electron chi connectivity index (χ0n) is 11.2. The van der Waals surface area contributed by atoms with Crippen LogP contribution in [0.25, 0.3) is 0 Å². The van der Waals surface area contributed by atoms with E-state index in [0.717, 1.165) is 25.0 Å². The maximum atomic E-state index is 12.4. The highest BCUT2D eigenvalue weighted by molar-refractivity contribution is 7.89. The summed E-state index contributed by atoms with van der Waals surface area (Å²) in [5.41, 5.74) is 5.13. The summed E-state index contributed by atoms with van der Waals surface area (Å²) < 4.78 is 27.3. The number of rotatable bonds is 5. The lowest BCUT2D eigenvalue weighted by Crippen LogP contribution is -2.40. The normalized spacial score (nSPS) is 22.4. The maximum absolute atomic E-state index is 12.4. The Morgan fingerprint density at radius 3 is 2.76 bits per heavy atom. The first-order valence-corrected chi connectivity index (χ1v) is 8.37. The fourth-order valence-electron chi connectivity index (χ4n) is 2.59. The average molecular weight is 334 g/mol. The van der Waals surface area contributed by atoms with Gasteiger partial charge in [0.2, 0.25) is 10.0 Å². The van der Waals surface area contributed by atoms with Gasteiger partial charge in [-0.15, -0.1) is 0 Å². The number of nitrogens with one attached hydrogen (secondary N) is 1. The molecule has 1 aliphatic carbocycles. The lowest BCUT2D eigenvalue weighted by atomic mass is 10.1. The first-order valence-electron chi connectivity index (χ1n) is 6.51. The van der Waals surface area contributed by atoms with Crippen molar-refractivity contribution < 1.29 is 13.3 Å². The Kier molecular flexibility index (Phi) is 4.82. The third-order valence-electron chi connectivity index (χ3n) is 3.68. The first-order chi connectivity index (χ1) is 9.85. The summed E-state index contributed by atoms with van der Waals surface area (Å²) in [4.78, 5) is 9.84. The van der Waals surface area contributed by atoms with Gasteiger partial charge >= 0.3 is 0 Å². The van der Waals surface area contributed by atoms with Crippen LogP contribution in [0.5, 0.6) is 0 Å². The third kappa shape index (κ3) is 3.52. The number of benzene rings is 1. The van der Waals surface area contributed by atoms with Crippen LogP contribution in [0.4, 0.5) is 5.69 Å². The monoisotopic (exact) mass is 333 g/mol. The largest absolute Gasteiger partial charge is 0.330 e. The Labute approximate surface area is 127 Å². The van der Waals surface area contributed by atoms with Gasteiger partial charge in [-0.25, -0.2) is 13.1 Å². The number of halogens is 1. The van der Waals surface area contributed by atoms with Crippen LogP contribution in [0.1, 0.15) is 19.3 Å². The second-order valence-electron chi connectivity index (χ2n) is 5.02. The molecule has 0 bridgehead atoms. The Balaban J connectivity index is 2.35. The van der Waals surface area contributed by atoms with E-state index in [1.165, 1.54) is 6.07 Å². The number of hydrogen-bond acceptors (Lipinski definition) is 5. The van der Waals surface area contributed by atoms with Crippen LogP contribution in [0, 0.1) is 16.0 Å². The molecule has 0 unspecified atom stereocenters. The van der Waals surface area contributed by atoms with Crippen molar-refractivity contribution in [1.29, 1.82) is 0 Å². The topological polar surface area (TPSA) is 115 Å². The van der Waals surface area contributed by atoms with Crippen LogP contribution in [0.3, 0.4) is 0 Å². The molecular formula is C12H16ClN3O4S. The maximum Gasteiger partial charge on any atom is 0.289 e. The molecular weight excluding hydrogens is 318 g/mol. The van der Waals surface area contributed by atoms with Crippen LogP contribution < -0.4 is 10.5 Å². The molecule has 0 saturated heterocycles. The van der Waals surface area contributed by atoms with Crippen LogP contribution in [0.15, 0.2) is 23.1 Å². The molecule has 9 heteroatoms. The van der Waals surface area contributed by atoms with E-state index in [4.69, 9.17) is 17.3 Å². The second kappa shape index (κ2) is 6.27. The molecule has 0 aliphatic heterocycles. The van der Waals surface area contributed by atoms with Gasteiger partial charge in [-0.3, -0.25) is 10.1 Å². The van der Waals surface area contributed by atoms with E-state index in [-0.39, 0.29) is 17.0 Å². The summed E-state index contributed by atoms with van der Waals surface area (Å²) in [6.07, 6.45) is 2.41. The minimum atomic E-state index is -4.02. The van der Waals surface area contributed by atoms with Gasteiger partial charge in [0.1, 0.15) is 0 Å². The molecule has 1 aliphatic rings. The summed E-state index contributed by atoms with van der Waals surface area (Å²) in [5, 5.41) is 11.1. The molecule has 2 atom stereocenters. The van der Waals surface area contributed by atoms with Crippen LogP contribution in [-0.2, 0) is 10.0 Å². The van der Waals surface area contributed by atoms with Crippen LogP contribution in [-0.4, -0.2) is 25.9 Å². The minimum Gasteiger partial charge on any atom is -0.330 e. The molecule has 1 aromatic carbocycles. The first kappa shape index (κ1) is 16.2. The number of hydrogen-bond donors (Lipinski definition) is 2. The molecule has 3 N–H and O–H groups in total. The number of nitro groups is 1. The van der Waals surface area contributed by atoms with Gasteiger partial charge < -0.3 is 5.73 Å². The standard InChI is InChI=1S/C12H16ClN3O4S/c13-9-4-5-11(16(17)18)12(6-9)21(19,20)15-10-3-1-2-8(10)7-14/h4-6,8,10,15H,1-3,7,14H2/t8-,10+/m0/s1. The predicted molar refractivity (Wildman–Crippen MR) is 78.6 cm³/mol. The Morgan fingerprint density at radius 1 is 1.43 bits per heavy atom. The summed E-state index contributed by atoms with van der Waals surface area (Å²) >= 11 is 5.77. The highest BCUT2D eigenvalue weighted by Crippen LogP contribution is 2.30. The Morgan fingerprint density at radius 2 is 2.14 bits per heavy atom. The van der Waals surface area contributed by atoms with Crippen molar-refractivity contribution >= 4 is 27.3 Å². The van der Waals surface area contributed by atoms with Crippen molar-refractivity contribution in [2.24, 2.45) is 11.7 Å². The van der Waals surface area contributed by atoms with E-state index in [0.29, 0.717) is 13.0 Å². The van der Waals surface area contributed by atoms with Crippen molar-refractivity contribution in [3.05, 3.63) is 33.3 Å². The second-order valence-corrected chi connectivity index (χ2v) is 7.14. The fourth-order valence-corrected chi connectivity index (χ4v) is 4.36. The lowest BCUT2D eigenvalue weighted by molar-refractivity contribution is -0.387. The quantitative estimate of drug-likeness (QED) is 0.628. The van der Waals surface area contributed by atoms with E-state index < -0.39 is 25.5 Å². The van der Waals surface area contributed by atoms with E-state index in [9.17, 15) is 18.5 Å². The number of sulfonamides is 1. The molecule has 0 aromatic heterocycles. The minimum absolute atomic E-state index is 0.0537. The molecule has 116 valence electrons. The van der Waals surface area contributed by atoms with Gasteiger partial charge in [-0.2, -0.15) is 0 Å². The molecule has 2 rings (SSSR count). The van der Waals surface area contributed by atoms with Crippen LogP contribution >= 0.6 is 11.6 Å². The fraction of sp³-hybridized carbons (Fsp3) is 0.500. The Bertz CT molecular complexity index is 650. The molecule has 0 heterocycles. The van der Waals surface area contributed by atoms with Crippen molar-refractivity contribution in [3.63, 3.8) is 0 Å². The van der Waals surface area contributed by atoms with Gasteiger partial charge in [-0.1, -0.05) is 18.0 Å². The van der Waals surface area contributed by atoms with Gasteiger partial charge in [0.15, 0.2) is 4.90 Å². The Hall–Kier alpha value is -1.22. The summed E-state index contributed by atoms with van der Waals surface area (Å²) in [6, 6.07) is 3.18. The summed E-state index contributed by atoms with van der Waals surface area (Å²) in [7, 11) is -4.02. The van der Waals surface area contributed by atoms with Crippen LogP contribution in [0.2, 0.25) is 5.02 Å². The smallest absolute Gasteiger partial charge is 0.289 e. The molecule has 1 aromatic rings. The lowest BCUT2D eigenvalue weighted by Gasteiger charge is -2.19. The van der Waals surface area contributed by atoms with Crippen molar-refractivity contribution in [2.75, 3.05) is 6.54 Å². The van der Waals surface area contributed by atoms with E-state index in [1.54, 1.807) is 0 Å². The van der Waals surface area contributed by atoms with Crippen molar-refractivity contribution in [1.82, 2.24) is 4.72 Å². The molecule has 0 amide bonds. The van der Waals surface area contributed by atoms with E-state index >= 15 is 0 Å². The van der Waals surface area contributed by atoms with Crippen molar-refractivity contribution in [2.45, 2.75) is 30.2 Å². The number of nitrogens with zero attached hydrogens (tertiary/aromatic N) is 1. The molecule has 21 heavy (non-hydrogen) atoms. The molecule has 1 fully saturated rings. The summed E-state index contributed by atoms with van der Waals surface area (Å²) in [5.74, 6) is 0.0537. The molecule has 0 radical (unpaired) electrons.